The van der Waals surface area contributed by atoms with Crippen molar-refractivity contribution in [3.05, 3.63) is 69.6 Å². The molecule has 31 heavy (non-hydrogen) atoms. The van der Waals surface area contributed by atoms with Crippen molar-refractivity contribution in [2.75, 3.05) is 18.0 Å². The molecular formula is C23H23F2N5O. The second kappa shape index (κ2) is 8.08. The number of hydrogen-bond acceptors (Lipinski definition) is 5. The molecule has 8 heteroatoms. The van der Waals surface area contributed by atoms with Crippen LogP contribution in [0.4, 0.5) is 14.5 Å². The smallest absolute Gasteiger partial charge is 0.252 e. The molecule has 0 N–H and O–H groups in total. The molecule has 0 saturated carbocycles. The number of hydrogen-bond donors (Lipinski definition) is 0. The normalized spacial score (nSPS) is 19.5. The Morgan fingerprint density at radius 1 is 1.16 bits per heavy atom. The number of halogens is 2. The van der Waals surface area contributed by atoms with Crippen molar-refractivity contribution in [3.63, 3.8) is 0 Å². The maximum absolute atomic E-state index is 14.2. The monoisotopic (exact) mass is 423 g/mol. The minimum atomic E-state index is -0.845. The maximum Gasteiger partial charge on any atom is 0.252 e. The lowest BCUT2D eigenvalue weighted by molar-refractivity contribution is 0.156. The van der Waals surface area contributed by atoms with Crippen molar-refractivity contribution in [1.29, 1.82) is 5.26 Å². The Hall–Kier alpha value is -3.31. The van der Waals surface area contributed by atoms with E-state index < -0.39 is 11.6 Å². The Morgan fingerprint density at radius 2 is 1.94 bits per heavy atom. The number of anilines is 1. The van der Waals surface area contributed by atoms with Crippen molar-refractivity contribution < 1.29 is 8.78 Å². The number of pyridine rings is 2. The van der Waals surface area contributed by atoms with E-state index in [9.17, 15) is 18.8 Å². The Morgan fingerprint density at radius 3 is 2.68 bits per heavy atom. The van der Waals surface area contributed by atoms with Gasteiger partial charge in [-0.1, -0.05) is 12.1 Å². The Balaban J connectivity index is 1.68. The molecule has 1 aliphatic rings. The number of fused-ring (bicyclic) bond motifs is 1. The van der Waals surface area contributed by atoms with Gasteiger partial charge in [-0.3, -0.25) is 9.69 Å². The predicted octanol–water partition coefficient (Wildman–Crippen LogP) is 3.18. The van der Waals surface area contributed by atoms with Gasteiger partial charge in [-0.25, -0.2) is 13.8 Å². The van der Waals surface area contributed by atoms with Gasteiger partial charge >= 0.3 is 0 Å². The van der Waals surface area contributed by atoms with Crippen LogP contribution in [0.15, 0.2) is 41.2 Å². The van der Waals surface area contributed by atoms with Crippen LogP contribution in [0.5, 0.6) is 0 Å². The van der Waals surface area contributed by atoms with Gasteiger partial charge in [-0.2, -0.15) is 5.26 Å². The van der Waals surface area contributed by atoms with Crippen LogP contribution in [0.25, 0.3) is 11.0 Å². The molecule has 1 aromatic carbocycles. The fourth-order valence-corrected chi connectivity index (χ4v) is 4.24. The van der Waals surface area contributed by atoms with Crippen molar-refractivity contribution in [2.24, 2.45) is 7.05 Å². The van der Waals surface area contributed by atoms with E-state index in [1.54, 1.807) is 31.3 Å². The van der Waals surface area contributed by atoms with Gasteiger partial charge in [0.05, 0.1) is 11.2 Å². The lowest BCUT2D eigenvalue weighted by Crippen LogP contribution is -2.56. The van der Waals surface area contributed by atoms with Crippen LogP contribution in [-0.4, -0.2) is 39.6 Å². The maximum atomic E-state index is 14.2. The first kappa shape index (κ1) is 20.9. The van der Waals surface area contributed by atoms with Crippen LogP contribution in [0, 0.1) is 23.0 Å². The molecule has 0 aliphatic carbocycles. The summed E-state index contributed by atoms with van der Waals surface area (Å²) in [6, 6.07) is 11.2. The van der Waals surface area contributed by atoms with Gasteiger partial charge in [0, 0.05) is 50.4 Å². The van der Waals surface area contributed by atoms with E-state index in [2.05, 4.69) is 20.9 Å². The number of nitrogens with zero attached hydrogens (tertiary/aromatic N) is 5. The molecule has 4 rings (SSSR count). The van der Waals surface area contributed by atoms with Crippen molar-refractivity contribution in [3.8, 4) is 6.07 Å². The molecule has 2 aromatic heterocycles. The third-order valence-electron chi connectivity index (χ3n) is 6.01. The first-order valence-electron chi connectivity index (χ1n) is 10.1. The second-order valence-electron chi connectivity index (χ2n) is 8.10. The molecule has 0 unspecified atom stereocenters. The summed E-state index contributed by atoms with van der Waals surface area (Å²) in [5.74, 6) is -1.65. The molecule has 3 aromatic rings. The number of benzene rings is 1. The van der Waals surface area contributed by atoms with E-state index in [4.69, 9.17) is 0 Å². The number of rotatable bonds is 3. The SMILES string of the molecule is C[C@@H]1CN(c2cc(=O)n(C)c3ccc(C#N)nc23)[C@@H](C)CN1Cc1cccc(F)c1F. The van der Waals surface area contributed by atoms with Crippen LogP contribution in [0.3, 0.4) is 0 Å². The van der Waals surface area contributed by atoms with E-state index in [0.717, 1.165) is 6.07 Å². The average Bonchev–Trinajstić information content (AvgIpc) is 2.76. The molecule has 2 atom stereocenters. The van der Waals surface area contributed by atoms with E-state index in [-0.39, 0.29) is 23.3 Å². The molecule has 0 radical (unpaired) electrons. The predicted molar refractivity (Wildman–Crippen MR) is 115 cm³/mol. The lowest BCUT2D eigenvalue weighted by Gasteiger charge is -2.45. The zero-order chi connectivity index (χ0) is 22.3. The zero-order valence-electron chi connectivity index (χ0n) is 17.6. The molecule has 0 amide bonds. The Labute approximate surface area is 179 Å². The summed E-state index contributed by atoms with van der Waals surface area (Å²) in [6.45, 7) is 5.54. The van der Waals surface area contributed by atoms with Gasteiger partial charge in [0.15, 0.2) is 11.6 Å². The average molecular weight is 423 g/mol. The summed E-state index contributed by atoms with van der Waals surface area (Å²) in [6.07, 6.45) is 0. The minimum Gasteiger partial charge on any atom is -0.364 e. The van der Waals surface area contributed by atoms with Crippen molar-refractivity contribution in [2.45, 2.75) is 32.5 Å². The highest BCUT2D eigenvalue weighted by Crippen LogP contribution is 2.29. The van der Waals surface area contributed by atoms with Gasteiger partial charge < -0.3 is 9.47 Å². The third kappa shape index (κ3) is 3.77. The molecule has 1 saturated heterocycles. The molecule has 1 aliphatic heterocycles. The van der Waals surface area contributed by atoms with Crippen molar-refractivity contribution >= 4 is 16.7 Å². The molecule has 0 spiro atoms. The first-order valence-corrected chi connectivity index (χ1v) is 10.1. The third-order valence-corrected chi connectivity index (χ3v) is 6.01. The van der Waals surface area contributed by atoms with E-state index >= 15 is 0 Å². The van der Waals surface area contributed by atoms with Gasteiger partial charge in [-0.05, 0) is 32.0 Å². The molecule has 1 fully saturated rings. The van der Waals surface area contributed by atoms with Crippen LogP contribution < -0.4 is 10.5 Å². The fourth-order valence-electron chi connectivity index (χ4n) is 4.24. The van der Waals surface area contributed by atoms with E-state index in [1.165, 1.54) is 10.6 Å². The van der Waals surface area contributed by atoms with Crippen LogP contribution >= 0.6 is 0 Å². The van der Waals surface area contributed by atoms with Gasteiger partial charge in [-0.15, -0.1) is 0 Å². The number of aromatic nitrogens is 2. The standard InChI is InChI=1S/C23H23F2N5O/c1-14-12-30(15(2)11-29(14)13-16-5-4-6-18(24)22(16)25)20-9-21(31)28(3)19-8-7-17(10-26)27-23(19)20/h4-9,14-15H,11-13H2,1-3H3/t14-,15+/m1/s1. The zero-order valence-corrected chi connectivity index (χ0v) is 17.6. The molecule has 6 nitrogen and oxygen atoms in total. The highest BCUT2D eigenvalue weighted by atomic mass is 19.2. The highest BCUT2D eigenvalue weighted by Gasteiger charge is 2.31. The summed E-state index contributed by atoms with van der Waals surface area (Å²) in [7, 11) is 1.68. The van der Waals surface area contributed by atoms with Gasteiger partial charge in [0.2, 0.25) is 0 Å². The molecule has 160 valence electrons. The fraction of sp³-hybridized carbons (Fsp3) is 0.348. The van der Waals surface area contributed by atoms with Crippen LogP contribution in [-0.2, 0) is 13.6 Å². The number of piperazine rings is 1. The van der Waals surface area contributed by atoms with Crippen molar-refractivity contribution in [1.82, 2.24) is 14.5 Å². The number of nitriles is 1. The molecular weight excluding hydrogens is 400 g/mol. The van der Waals surface area contributed by atoms with Crippen LogP contribution in [0.1, 0.15) is 25.1 Å². The van der Waals surface area contributed by atoms with E-state index in [0.29, 0.717) is 41.9 Å². The summed E-state index contributed by atoms with van der Waals surface area (Å²) in [5.41, 5.74) is 2.40. The first-order chi connectivity index (χ1) is 14.8. The minimum absolute atomic E-state index is 0.00401. The molecule has 0 bridgehead atoms. The lowest BCUT2D eigenvalue weighted by atomic mass is 10.0. The quantitative estimate of drug-likeness (QED) is 0.648. The molecule has 3 heterocycles. The summed E-state index contributed by atoms with van der Waals surface area (Å²) >= 11 is 0. The summed E-state index contributed by atoms with van der Waals surface area (Å²) in [4.78, 5) is 21.3. The van der Waals surface area contributed by atoms with Gasteiger partial charge in [0.1, 0.15) is 17.3 Å². The van der Waals surface area contributed by atoms with E-state index in [1.807, 2.05) is 13.8 Å². The largest absolute Gasteiger partial charge is 0.364 e. The Kier molecular flexibility index (Phi) is 5.46. The highest BCUT2D eigenvalue weighted by molar-refractivity contribution is 5.89. The van der Waals surface area contributed by atoms with Gasteiger partial charge in [0.25, 0.3) is 5.56 Å². The van der Waals surface area contributed by atoms with Crippen LogP contribution in [0.2, 0.25) is 0 Å². The number of aryl methyl sites for hydroxylation is 1. The summed E-state index contributed by atoms with van der Waals surface area (Å²) in [5, 5.41) is 9.27. The topological polar surface area (TPSA) is 65.2 Å². The Bertz CT molecular complexity index is 1250. The second-order valence-corrected chi connectivity index (χ2v) is 8.10. The summed E-state index contributed by atoms with van der Waals surface area (Å²) < 4.78 is 29.3.